The molecule has 2 aliphatic rings. The van der Waals surface area contributed by atoms with Gasteiger partial charge in [0.25, 0.3) is 5.91 Å². The molecule has 0 aromatic heterocycles. The van der Waals surface area contributed by atoms with Crippen molar-refractivity contribution in [1.82, 2.24) is 9.62 Å². The summed E-state index contributed by atoms with van der Waals surface area (Å²) in [4.78, 5) is 25.8. The summed E-state index contributed by atoms with van der Waals surface area (Å²) in [6.45, 7) is 0.423. The highest BCUT2D eigenvalue weighted by molar-refractivity contribution is 7.89. The number of amides is 1. The van der Waals surface area contributed by atoms with Gasteiger partial charge >= 0.3 is 5.97 Å². The van der Waals surface area contributed by atoms with Crippen molar-refractivity contribution < 1.29 is 27.9 Å². The highest BCUT2D eigenvalue weighted by Crippen LogP contribution is 2.32. The van der Waals surface area contributed by atoms with Crippen molar-refractivity contribution in [3.63, 3.8) is 0 Å². The number of aliphatic carboxylic acids is 1. The lowest BCUT2D eigenvalue weighted by molar-refractivity contribution is -0.151. The quantitative estimate of drug-likeness (QED) is 0.717. The Labute approximate surface area is 152 Å². The van der Waals surface area contributed by atoms with E-state index in [1.807, 2.05) is 0 Å². The average Bonchev–Trinajstić information content (AvgIpc) is 3.30. The molecule has 9 heteroatoms. The Kier molecular flexibility index (Phi) is 5.05. The molecule has 1 heterocycles. The van der Waals surface area contributed by atoms with E-state index in [4.69, 9.17) is 4.74 Å². The maximum Gasteiger partial charge on any atom is 0.313 e. The van der Waals surface area contributed by atoms with Gasteiger partial charge in [-0.15, -0.1) is 0 Å². The van der Waals surface area contributed by atoms with Crippen molar-refractivity contribution in [2.75, 3.05) is 26.8 Å². The lowest BCUT2D eigenvalue weighted by atomic mass is 9.88. The number of carboxylic acid groups (broad SMARTS) is 1. The monoisotopic (exact) mass is 382 g/mol. The van der Waals surface area contributed by atoms with Gasteiger partial charge in [0, 0.05) is 31.8 Å². The van der Waals surface area contributed by atoms with Gasteiger partial charge in [-0.2, -0.15) is 0 Å². The summed E-state index contributed by atoms with van der Waals surface area (Å²) in [6.07, 6.45) is 2.01. The smallest absolute Gasteiger partial charge is 0.313 e. The van der Waals surface area contributed by atoms with Gasteiger partial charge in [-0.25, -0.2) is 13.1 Å². The fraction of sp³-hybridized carbons (Fsp3) is 0.529. The van der Waals surface area contributed by atoms with Crippen LogP contribution < -0.4 is 4.72 Å². The average molecular weight is 382 g/mol. The van der Waals surface area contributed by atoms with Gasteiger partial charge in [-0.1, -0.05) is 0 Å². The summed E-state index contributed by atoms with van der Waals surface area (Å²) >= 11 is 0. The number of ether oxygens (including phenoxy) is 1. The third-order valence-electron chi connectivity index (χ3n) is 4.83. The SMILES string of the molecule is COCC1(C(=O)O)CCN(C(=O)c2ccc(S(=O)(=O)NC3CC3)cc2)C1. The zero-order valence-electron chi connectivity index (χ0n) is 14.5. The molecule has 8 nitrogen and oxygen atoms in total. The number of hydrogen-bond acceptors (Lipinski definition) is 5. The van der Waals surface area contributed by atoms with Gasteiger partial charge in [0.15, 0.2) is 0 Å². The molecule has 1 unspecified atom stereocenters. The molecule has 1 saturated heterocycles. The second-order valence-electron chi connectivity index (χ2n) is 6.92. The number of likely N-dealkylation sites (tertiary alicyclic amines) is 1. The van der Waals surface area contributed by atoms with Crippen LogP contribution in [0.5, 0.6) is 0 Å². The van der Waals surface area contributed by atoms with Crippen LogP contribution in [0.4, 0.5) is 0 Å². The van der Waals surface area contributed by atoms with Crippen molar-refractivity contribution in [3.8, 4) is 0 Å². The fourth-order valence-corrected chi connectivity index (χ4v) is 4.43. The number of carboxylic acids is 1. The molecule has 1 amide bonds. The molecule has 2 fully saturated rings. The molecular formula is C17H22N2O6S. The van der Waals surface area contributed by atoms with Crippen LogP contribution in [-0.2, 0) is 19.6 Å². The predicted octanol–water partition coefficient (Wildman–Crippen LogP) is 0.691. The lowest BCUT2D eigenvalue weighted by Gasteiger charge is -2.23. The second-order valence-corrected chi connectivity index (χ2v) is 8.63. The van der Waals surface area contributed by atoms with E-state index < -0.39 is 21.4 Å². The Bertz CT molecular complexity index is 803. The number of hydrogen-bond donors (Lipinski definition) is 2. The highest BCUT2D eigenvalue weighted by Gasteiger charge is 2.46. The van der Waals surface area contributed by atoms with Crippen LogP contribution in [0.25, 0.3) is 0 Å². The first-order chi connectivity index (χ1) is 12.3. The van der Waals surface area contributed by atoms with Crippen LogP contribution in [0.1, 0.15) is 29.6 Å². The Morgan fingerprint density at radius 1 is 1.31 bits per heavy atom. The summed E-state index contributed by atoms with van der Waals surface area (Å²) in [5.41, 5.74) is -0.768. The van der Waals surface area contributed by atoms with Crippen LogP contribution in [0.15, 0.2) is 29.2 Å². The van der Waals surface area contributed by atoms with Gasteiger partial charge < -0.3 is 14.7 Å². The van der Waals surface area contributed by atoms with Crippen LogP contribution in [0, 0.1) is 5.41 Å². The van der Waals surface area contributed by atoms with Gasteiger partial charge in [0.05, 0.1) is 11.5 Å². The molecule has 26 heavy (non-hydrogen) atoms. The molecule has 0 spiro atoms. The van der Waals surface area contributed by atoms with Crippen molar-refractivity contribution in [3.05, 3.63) is 29.8 Å². The number of methoxy groups -OCH3 is 1. The number of nitrogens with zero attached hydrogens (tertiary/aromatic N) is 1. The number of rotatable bonds is 7. The van der Waals surface area contributed by atoms with Crippen molar-refractivity contribution >= 4 is 21.9 Å². The number of nitrogens with one attached hydrogen (secondary N) is 1. The Hall–Kier alpha value is -1.97. The minimum absolute atomic E-state index is 0.0100. The van der Waals surface area contributed by atoms with E-state index in [1.165, 1.54) is 36.3 Å². The normalized spacial score (nSPS) is 23.2. The molecule has 1 aliphatic carbocycles. The van der Waals surface area contributed by atoms with E-state index in [0.717, 1.165) is 12.8 Å². The number of carbonyl (C=O) groups excluding carboxylic acids is 1. The van der Waals surface area contributed by atoms with E-state index in [0.29, 0.717) is 18.5 Å². The summed E-state index contributed by atoms with van der Waals surface area (Å²) in [5, 5.41) is 9.48. The minimum atomic E-state index is -3.56. The molecular weight excluding hydrogens is 360 g/mol. The van der Waals surface area contributed by atoms with Crippen molar-refractivity contribution in [1.29, 1.82) is 0 Å². The maximum absolute atomic E-state index is 12.6. The predicted molar refractivity (Wildman–Crippen MR) is 92.3 cm³/mol. The minimum Gasteiger partial charge on any atom is -0.481 e. The van der Waals surface area contributed by atoms with E-state index in [1.54, 1.807) is 0 Å². The molecule has 1 aromatic rings. The van der Waals surface area contributed by atoms with Gasteiger partial charge in [0.2, 0.25) is 10.0 Å². The van der Waals surface area contributed by atoms with Crippen LogP contribution in [-0.4, -0.2) is 63.1 Å². The number of sulfonamides is 1. The molecule has 1 atom stereocenters. The molecule has 1 aliphatic heterocycles. The molecule has 2 N–H and O–H groups in total. The molecule has 1 aromatic carbocycles. The summed E-state index contributed by atoms with van der Waals surface area (Å²) in [7, 11) is -2.13. The van der Waals surface area contributed by atoms with Gasteiger partial charge in [-0.05, 0) is 43.5 Å². The third-order valence-corrected chi connectivity index (χ3v) is 6.36. The zero-order chi connectivity index (χ0) is 18.9. The van der Waals surface area contributed by atoms with Crippen LogP contribution in [0.3, 0.4) is 0 Å². The van der Waals surface area contributed by atoms with Crippen LogP contribution in [0.2, 0.25) is 0 Å². The van der Waals surface area contributed by atoms with E-state index in [9.17, 15) is 23.1 Å². The van der Waals surface area contributed by atoms with Crippen molar-refractivity contribution in [2.45, 2.75) is 30.2 Å². The Morgan fingerprint density at radius 2 is 1.96 bits per heavy atom. The van der Waals surface area contributed by atoms with Crippen LogP contribution >= 0.6 is 0 Å². The zero-order valence-corrected chi connectivity index (χ0v) is 15.3. The molecule has 1 saturated carbocycles. The molecule has 0 bridgehead atoms. The molecule has 0 radical (unpaired) electrons. The number of carbonyl (C=O) groups is 2. The van der Waals surface area contributed by atoms with E-state index in [2.05, 4.69) is 4.72 Å². The standard InChI is InChI=1S/C17H22N2O6S/c1-25-11-17(16(21)22)8-9-19(10-17)15(20)12-2-6-14(7-3-12)26(23,24)18-13-4-5-13/h2-3,6-7,13,18H,4-5,8-11H2,1H3,(H,21,22). The number of benzene rings is 1. The third kappa shape index (κ3) is 3.74. The summed E-state index contributed by atoms with van der Waals surface area (Å²) < 4.78 is 31.9. The van der Waals surface area contributed by atoms with Gasteiger partial charge in [-0.3, -0.25) is 9.59 Å². The van der Waals surface area contributed by atoms with E-state index >= 15 is 0 Å². The van der Waals surface area contributed by atoms with E-state index in [-0.39, 0.29) is 30.0 Å². The first kappa shape index (κ1) is 18.8. The van der Waals surface area contributed by atoms with Crippen molar-refractivity contribution in [2.24, 2.45) is 5.41 Å². The first-order valence-electron chi connectivity index (χ1n) is 8.41. The maximum atomic E-state index is 12.6. The highest BCUT2D eigenvalue weighted by atomic mass is 32.2. The summed E-state index contributed by atoms with van der Waals surface area (Å²) in [6, 6.07) is 5.72. The Balaban J connectivity index is 1.71. The fourth-order valence-electron chi connectivity index (χ4n) is 3.12. The molecule has 3 rings (SSSR count). The first-order valence-corrected chi connectivity index (χ1v) is 9.90. The second kappa shape index (κ2) is 6.98. The van der Waals surface area contributed by atoms with Gasteiger partial charge in [0.1, 0.15) is 5.41 Å². The lowest BCUT2D eigenvalue weighted by Crippen LogP contribution is -2.40. The topological polar surface area (TPSA) is 113 Å². The molecule has 142 valence electrons. The summed E-state index contributed by atoms with van der Waals surface area (Å²) in [5.74, 6) is -1.30. The largest absolute Gasteiger partial charge is 0.481 e. The Morgan fingerprint density at radius 3 is 2.50 bits per heavy atom.